The van der Waals surface area contributed by atoms with Crippen molar-refractivity contribution < 1.29 is 23.6 Å². The molecule has 9 heteroatoms. The van der Waals surface area contributed by atoms with Crippen LogP contribution < -0.4 is 16.0 Å². The Labute approximate surface area is 148 Å². The number of amides is 4. The number of nitrogens with zero attached hydrogens (tertiary/aromatic N) is 2. The average Bonchev–Trinajstić information content (AvgIpc) is 3.11. The molecule has 0 bridgehead atoms. The maximum atomic E-state index is 14.5. The van der Waals surface area contributed by atoms with Crippen LogP contribution in [0.25, 0.3) is 0 Å². The summed E-state index contributed by atoms with van der Waals surface area (Å²) in [6, 6.07) is 1.27. The number of benzene rings is 1. The Balaban J connectivity index is 1.68. The third kappa shape index (κ3) is 2.47. The molecule has 1 aromatic rings. The van der Waals surface area contributed by atoms with E-state index in [1.165, 1.54) is 6.07 Å². The van der Waals surface area contributed by atoms with Gasteiger partial charge in [-0.05, 0) is 25.0 Å². The highest BCUT2D eigenvalue weighted by molar-refractivity contribution is 6.23. The number of rotatable bonds is 2. The first-order chi connectivity index (χ1) is 12.4. The van der Waals surface area contributed by atoms with Gasteiger partial charge >= 0.3 is 0 Å². The van der Waals surface area contributed by atoms with Crippen LogP contribution in [0.3, 0.4) is 0 Å². The number of hydrogen-bond acceptors (Lipinski definition) is 6. The first kappa shape index (κ1) is 16.6. The molecule has 0 radical (unpaired) electrons. The molecule has 2 atom stereocenters. The summed E-state index contributed by atoms with van der Waals surface area (Å²) in [7, 11) is 0. The van der Waals surface area contributed by atoms with E-state index < -0.39 is 35.5 Å². The standard InChI is InChI=1S/C17H17FN4O4/c18-11-5-9-10(6-13(11)21-4-3-8(19)7-21)17(26)22(16(9)25)12-1-2-14(23)20-15(12)24/h5-6,8,12H,1-4,7,19H2,(H,20,23,24). The van der Waals surface area contributed by atoms with Crippen LogP contribution in [-0.2, 0) is 9.59 Å². The van der Waals surface area contributed by atoms with Crippen LogP contribution in [-0.4, -0.2) is 53.7 Å². The van der Waals surface area contributed by atoms with Crippen molar-refractivity contribution >= 4 is 29.3 Å². The molecule has 0 aliphatic carbocycles. The zero-order chi connectivity index (χ0) is 18.6. The molecule has 4 rings (SSSR count). The van der Waals surface area contributed by atoms with Gasteiger partial charge in [-0.1, -0.05) is 0 Å². The second-order valence-electron chi connectivity index (χ2n) is 6.79. The van der Waals surface area contributed by atoms with Gasteiger partial charge in [-0.15, -0.1) is 0 Å². The van der Waals surface area contributed by atoms with Crippen LogP contribution >= 0.6 is 0 Å². The van der Waals surface area contributed by atoms with Gasteiger partial charge in [0.05, 0.1) is 16.8 Å². The lowest BCUT2D eigenvalue weighted by atomic mass is 10.0. The second kappa shape index (κ2) is 5.87. The van der Waals surface area contributed by atoms with Crippen LogP contribution in [0.5, 0.6) is 0 Å². The molecule has 26 heavy (non-hydrogen) atoms. The number of nitrogens with one attached hydrogen (secondary N) is 1. The van der Waals surface area contributed by atoms with Crippen LogP contribution in [0.15, 0.2) is 12.1 Å². The highest BCUT2D eigenvalue weighted by Gasteiger charge is 2.45. The summed E-state index contributed by atoms with van der Waals surface area (Å²) in [5, 5.41) is 2.13. The lowest BCUT2D eigenvalue weighted by molar-refractivity contribution is -0.136. The zero-order valence-electron chi connectivity index (χ0n) is 13.8. The van der Waals surface area contributed by atoms with Crippen molar-refractivity contribution in [3.8, 4) is 0 Å². The Morgan fingerprint density at radius 1 is 1.08 bits per heavy atom. The number of halogens is 1. The fourth-order valence-corrected chi connectivity index (χ4v) is 3.73. The monoisotopic (exact) mass is 360 g/mol. The zero-order valence-corrected chi connectivity index (χ0v) is 13.8. The Hall–Kier alpha value is -2.81. The molecule has 2 fully saturated rings. The summed E-state index contributed by atoms with van der Waals surface area (Å²) in [6.07, 6.45) is 0.813. The topological polar surface area (TPSA) is 113 Å². The van der Waals surface area contributed by atoms with E-state index in [0.29, 0.717) is 19.5 Å². The maximum absolute atomic E-state index is 14.5. The van der Waals surface area contributed by atoms with E-state index in [4.69, 9.17) is 5.73 Å². The molecule has 8 nitrogen and oxygen atoms in total. The summed E-state index contributed by atoms with van der Waals surface area (Å²) in [6.45, 7) is 1.03. The van der Waals surface area contributed by atoms with Gasteiger partial charge in [-0.3, -0.25) is 29.4 Å². The minimum absolute atomic E-state index is 0.0368. The molecule has 3 aliphatic rings. The van der Waals surface area contributed by atoms with Crippen LogP contribution in [0.2, 0.25) is 0 Å². The van der Waals surface area contributed by atoms with Crippen molar-refractivity contribution in [1.82, 2.24) is 10.2 Å². The van der Waals surface area contributed by atoms with Crippen molar-refractivity contribution in [3.63, 3.8) is 0 Å². The molecule has 4 amide bonds. The molecule has 2 saturated heterocycles. The van der Waals surface area contributed by atoms with E-state index in [0.717, 1.165) is 11.0 Å². The molecular formula is C17H17FN4O4. The predicted molar refractivity (Wildman–Crippen MR) is 87.9 cm³/mol. The number of piperidine rings is 1. The summed E-state index contributed by atoms with van der Waals surface area (Å²) in [4.78, 5) is 51.3. The van der Waals surface area contributed by atoms with Crippen LogP contribution in [0.4, 0.5) is 10.1 Å². The van der Waals surface area contributed by atoms with Crippen molar-refractivity contribution in [2.45, 2.75) is 31.3 Å². The molecule has 136 valence electrons. The van der Waals surface area contributed by atoms with Crippen molar-refractivity contribution in [2.75, 3.05) is 18.0 Å². The Kier molecular flexibility index (Phi) is 3.76. The maximum Gasteiger partial charge on any atom is 0.262 e. The summed E-state index contributed by atoms with van der Waals surface area (Å²) in [5.74, 6) is -3.11. The summed E-state index contributed by atoms with van der Waals surface area (Å²) < 4.78 is 14.5. The molecule has 1 aromatic carbocycles. The summed E-state index contributed by atoms with van der Waals surface area (Å²) in [5.41, 5.74) is 6.08. The number of nitrogens with two attached hydrogens (primary N) is 1. The third-order valence-corrected chi connectivity index (χ3v) is 5.07. The molecular weight excluding hydrogens is 343 g/mol. The van der Waals surface area contributed by atoms with E-state index in [1.54, 1.807) is 4.90 Å². The molecule has 3 aliphatic heterocycles. The average molecular weight is 360 g/mol. The van der Waals surface area contributed by atoms with E-state index in [1.807, 2.05) is 0 Å². The van der Waals surface area contributed by atoms with E-state index in [-0.39, 0.29) is 35.7 Å². The van der Waals surface area contributed by atoms with Crippen molar-refractivity contribution in [1.29, 1.82) is 0 Å². The number of fused-ring (bicyclic) bond motifs is 1. The fraction of sp³-hybridized carbons (Fsp3) is 0.412. The number of carbonyl (C=O) groups is 4. The fourth-order valence-electron chi connectivity index (χ4n) is 3.73. The SMILES string of the molecule is NC1CCN(c2cc3c(cc2F)C(=O)N(C2CCC(=O)NC2=O)C3=O)C1. The van der Waals surface area contributed by atoms with Crippen LogP contribution in [0.1, 0.15) is 40.0 Å². The smallest absolute Gasteiger partial charge is 0.262 e. The molecule has 3 N–H and O–H groups in total. The van der Waals surface area contributed by atoms with Gasteiger partial charge in [0.25, 0.3) is 11.8 Å². The van der Waals surface area contributed by atoms with Crippen LogP contribution in [0, 0.1) is 5.82 Å². The molecule has 3 heterocycles. The molecule has 0 spiro atoms. The molecule has 2 unspecified atom stereocenters. The molecule has 0 saturated carbocycles. The Bertz CT molecular complexity index is 855. The van der Waals surface area contributed by atoms with Crippen molar-refractivity contribution in [3.05, 3.63) is 29.1 Å². The lowest BCUT2D eigenvalue weighted by Gasteiger charge is -2.27. The molecule has 0 aromatic heterocycles. The van der Waals surface area contributed by atoms with E-state index in [9.17, 15) is 23.6 Å². The lowest BCUT2D eigenvalue weighted by Crippen LogP contribution is -2.54. The normalized spacial score (nSPS) is 25.8. The second-order valence-corrected chi connectivity index (χ2v) is 6.79. The number of anilines is 1. The van der Waals surface area contributed by atoms with Gasteiger partial charge in [0.2, 0.25) is 11.8 Å². The van der Waals surface area contributed by atoms with Gasteiger partial charge in [0.15, 0.2) is 0 Å². The Morgan fingerprint density at radius 3 is 2.38 bits per heavy atom. The number of imide groups is 2. The van der Waals surface area contributed by atoms with E-state index in [2.05, 4.69) is 5.32 Å². The Morgan fingerprint density at radius 2 is 1.77 bits per heavy atom. The third-order valence-electron chi connectivity index (χ3n) is 5.07. The summed E-state index contributed by atoms with van der Waals surface area (Å²) >= 11 is 0. The van der Waals surface area contributed by atoms with Gasteiger partial charge in [0.1, 0.15) is 11.9 Å². The van der Waals surface area contributed by atoms with Gasteiger partial charge in [-0.2, -0.15) is 0 Å². The highest BCUT2D eigenvalue weighted by Crippen LogP contribution is 2.33. The van der Waals surface area contributed by atoms with Gasteiger partial charge in [0, 0.05) is 25.6 Å². The predicted octanol–water partition coefficient (Wildman–Crippen LogP) is -0.236. The van der Waals surface area contributed by atoms with Gasteiger partial charge in [-0.25, -0.2) is 4.39 Å². The van der Waals surface area contributed by atoms with E-state index >= 15 is 0 Å². The minimum atomic E-state index is -1.06. The highest BCUT2D eigenvalue weighted by atomic mass is 19.1. The first-order valence-corrected chi connectivity index (χ1v) is 8.42. The van der Waals surface area contributed by atoms with Crippen molar-refractivity contribution in [2.24, 2.45) is 5.73 Å². The van der Waals surface area contributed by atoms with Gasteiger partial charge < -0.3 is 10.6 Å². The first-order valence-electron chi connectivity index (χ1n) is 8.42. The number of hydrogen-bond donors (Lipinski definition) is 2. The quantitative estimate of drug-likeness (QED) is 0.704. The minimum Gasteiger partial charge on any atom is -0.368 e. The largest absolute Gasteiger partial charge is 0.368 e. The number of carbonyl (C=O) groups excluding carboxylic acids is 4.